The second-order valence-corrected chi connectivity index (χ2v) is 6.27. The lowest BCUT2D eigenvalue weighted by Gasteiger charge is -2.16. The summed E-state index contributed by atoms with van der Waals surface area (Å²) in [6.07, 6.45) is 0. The maximum atomic E-state index is 6.42. The normalized spacial score (nSPS) is 10.7. The Morgan fingerprint density at radius 1 is 1.04 bits per heavy atom. The van der Waals surface area contributed by atoms with Gasteiger partial charge in [0.2, 0.25) is 0 Å². The molecule has 0 bridgehead atoms. The predicted molar refractivity (Wildman–Crippen MR) is 102 cm³/mol. The standard InChI is InChI=1S/C19H23Cl2NO3/c1-3-24-18-11-15(12-22-7-8-23-2)10-17(21)19(18)25-13-14-5-4-6-16(20)9-14/h4-6,9-11,22H,3,7-8,12-13H2,1-2H3. The molecular weight excluding hydrogens is 361 g/mol. The van der Waals surface area contributed by atoms with Crippen molar-refractivity contribution < 1.29 is 14.2 Å². The van der Waals surface area contributed by atoms with Crippen LogP contribution in [0.1, 0.15) is 18.1 Å². The van der Waals surface area contributed by atoms with Gasteiger partial charge in [-0.1, -0.05) is 35.3 Å². The number of methoxy groups -OCH3 is 1. The monoisotopic (exact) mass is 383 g/mol. The fraction of sp³-hybridized carbons (Fsp3) is 0.368. The molecule has 2 aromatic rings. The van der Waals surface area contributed by atoms with Crippen molar-refractivity contribution in [2.45, 2.75) is 20.1 Å². The van der Waals surface area contributed by atoms with E-state index in [0.29, 0.717) is 47.9 Å². The maximum absolute atomic E-state index is 6.42. The molecule has 2 rings (SSSR count). The van der Waals surface area contributed by atoms with Crippen molar-refractivity contribution in [3.8, 4) is 11.5 Å². The van der Waals surface area contributed by atoms with Gasteiger partial charge in [-0.15, -0.1) is 0 Å². The van der Waals surface area contributed by atoms with Gasteiger partial charge in [-0.05, 0) is 42.3 Å². The fourth-order valence-corrected chi connectivity index (χ4v) is 2.82. The summed E-state index contributed by atoms with van der Waals surface area (Å²) in [6, 6.07) is 11.4. The Hall–Kier alpha value is -1.46. The molecule has 0 aliphatic heterocycles. The van der Waals surface area contributed by atoms with Gasteiger partial charge >= 0.3 is 0 Å². The average molecular weight is 384 g/mol. The molecule has 0 spiro atoms. The van der Waals surface area contributed by atoms with E-state index in [2.05, 4.69) is 5.32 Å². The van der Waals surface area contributed by atoms with Crippen molar-refractivity contribution in [1.82, 2.24) is 5.32 Å². The average Bonchev–Trinajstić information content (AvgIpc) is 2.58. The van der Waals surface area contributed by atoms with Gasteiger partial charge in [0.15, 0.2) is 11.5 Å². The fourth-order valence-electron chi connectivity index (χ4n) is 2.32. The Bertz CT molecular complexity index is 680. The summed E-state index contributed by atoms with van der Waals surface area (Å²) in [4.78, 5) is 0. The zero-order valence-electron chi connectivity index (χ0n) is 14.5. The highest BCUT2D eigenvalue weighted by atomic mass is 35.5. The predicted octanol–water partition coefficient (Wildman–Crippen LogP) is 4.71. The van der Waals surface area contributed by atoms with E-state index >= 15 is 0 Å². The maximum Gasteiger partial charge on any atom is 0.180 e. The van der Waals surface area contributed by atoms with Gasteiger partial charge in [0.1, 0.15) is 6.61 Å². The minimum absolute atomic E-state index is 0.367. The van der Waals surface area contributed by atoms with E-state index in [1.807, 2.05) is 43.3 Å². The second-order valence-electron chi connectivity index (χ2n) is 5.43. The molecule has 0 heterocycles. The number of halogens is 2. The number of rotatable bonds is 10. The van der Waals surface area contributed by atoms with Crippen LogP contribution in [0.15, 0.2) is 36.4 Å². The molecule has 0 aliphatic rings. The SMILES string of the molecule is CCOc1cc(CNCCOC)cc(Cl)c1OCc1cccc(Cl)c1. The van der Waals surface area contributed by atoms with Crippen LogP contribution in [-0.2, 0) is 17.9 Å². The molecule has 0 fully saturated rings. The molecule has 0 saturated carbocycles. The number of ether oxygens (including phenoxy) is 3. The third-order valence-corrected chi connectivity index (χ3v) is 3.97. The molecule has 0 amide bonds. The molecule has 1 N–H and O–H groups in total. The highest BCUT2D eigenvalue weighted by molar-refractivity contribution is 6.32. The van der Waals surface area contributed by atoms with Crippen molar-refractivity contribution in [3.63, 3.8) is 0 Å². The molecule has 4 nitrogen and oxygen atoms in total. The van der Waals surface area contributed by atoms with E-state index in [1.165, 1.54) is 0 Å². The molecule has 0 saturated heterocycles. The Kier molecular flexibility index (Phi) is 8.35. The molecule has 0 atom stereocenters. The summed E-state index contributed by atoms with van der Waals surface area (Å²) in [5.74, 6) is 1.18. The Morgan fingerprint density at radius 2 is 1.88 bits per heavy atom. The highest BCUT2D eigenvalue weighted by Gasteiger charge is 2.13. The number of hydrogen-bond acceptors (Lipinski definition) is 4. The van der Waals surface area contributed by atoms with E-state index in [0.717, 1.165) is 17.7 Å². The minimum atomic E-state index is 0.367. The minimum Gasteiger partial charge on any atom is -0.490 e. The first-order chi connectivity index (χ1) is 12.1. The van der Waals surface area contributed by atoms with E-state index in [4.69, 9.17) is 37.4 Å². The lowest BCUT2D eigenvalue weighted by molar-refractivity contribution is 0.199. The van der Waals surface area contributed by atoms with Gasteiger partial charge in [0.25, 0.3) is 0 Å². The highest BCUT2D eigenvalue weighted by Crippen LogP contribution is 2.37. The number of benzene rings is 2. The van der Waals surface area contributed by atoms with Crippen molar-refractivity contribution >= 4 is 23.2 Å². The van der Waals surface area contributed by atoms with Crippen LogP contribution in [-0.4, -0.2) is 26.9 Å². The summed E-state index contributed by atoms with van der Waals surface area (Å²) in [6.45, 7) is 4.93. The van der Waals surface area contributed by atoms with E-state index in [9.17, 15) is 0 Å². The third kappa shape index (κ3) is 6.40. The Balaban J connectivity index is 2.10. The molecule has 6 heteroatoms. The van der Waals surface area contributed by atoms with Crippen molar-refractivity contribution in [3.05, 3.63) is 57.6 Å². The zero-order valence-corrected chi connectivity index (χ0v) is 16.0. The quantitative estimate of drug-likeness (QED) is 0.603. The molecule has 0 aliphatic carbocycles. The first-order valence-corrected chi connectivity index (χ1v) is 8.91. The number of hydrogen-bond donors (Lipinski definition) is 1. The van der Waals surface area contributed by atoms with E-state index in [1.54, 1.807) is 7.11 Å². The summed E-state index contributed by atoms with van der Waals surface area (Å²) in [5, 5.41) is 4.49. The first kappa shape index (κ1) is 19.9. The van der Waals surface area contributed by atoms with E-state index < -0.39 is 0 Å². The third-order valence-electron chi connectivity index (χ3n) is 3.45. The van der Waals surface area contributed by atoms with Gasteiger partial charge in [0.05, 0.1) is 18.2 Å². The smallest absolute Gasteiger partial charge is 0.180 e. The topological polar surface area (TPSA) is 39.7 Å². The van der Waals surface area contributed by atoms with Crippen LogP contribution in [0.3, 0.4) is 0 Å². The van der Waals surface area contributed by atoms with Crippen LogP contribution in [0.4, 0.5) is 0 Å². The molecule has 2 aromatic carbocycles. The van der Waals surface area contributed by atoms with Crippen LogP contribution in [0.5, 0.6) is 11.5 Å². The second kappa shape index (κ2) is 10.5. The van der Waals surface area contributed by atoms with Gasteiger partial charge in [-0.3, -0.25) is 0 Å². The molecule has 25 heavy (non-hydrogen) atoms. The lowest BCUT2D eigenvalue weighted by atomic mass is 10.2. The first-order valence-electron chi connectivity index (χ1n) is 8.16. The van der Waals surface area contributed by atoms with Gasteiger partial charge in [-0.25, -0.2) is 0 Å². The summed E-state index contributed by atoms with van der Waals surface area (Å²) >= 11 is 12.4. The van der Waals surface area contributed by atoms with Crippen LogP contribution in [0, 0.1) is 0 Å². The van der Waals surface area contributed by atoms with Crippen LogP contribution in [0.25, 0.3) is 0 Å². The van der Waals surface area contributed by atoms with Gasteiger partial charge in [0, 0.05) is 25.2 Å². The molecule has 0 aromatic heterocycles. The van der Waals surface area contributed by atoms with Crippen molar-refractivity contribution in [2.24, 2.45) is 0 Å². The molecular formula is C19H23Cl2NO3. The van der Waals surface area contributed by atoms with Crippen LogP contribution in [0.2, 0.25) is 10.0 Å². The van der Waals surface area contributed by atoms with Gasteiger partial charge < -0.3 is 19.5 Å². The summed E-state index contributed by atoms with van der Waals surface area (Å²) in [7, 11) is 1.68. The molecule has 0 unspecified atom stereocenters. The summed E-state index contributed by atoms with van der Waals surface area (Å²) in [5.41, 5.74) is 2.00. The van der Waals surface area contributed by atoms with Crippen molar-refractivity contribution in [2.75, 3.05) is 26.9 Å². The Morgan fingerprint density at radius 3 is 2.60 bits per heavy atom. The van der Waals surface area contributed by atoms with Gasteiger partial charge in [-0.2, -0.15) is 0 Å². The van der Waals surface area contributed by atoms with Crippen molar-refractivity contribution in [1.29, 1.82) is 0 Å². The molecule has 136 valence electrons. The molecule has 0 radical (unpaired) electrons. The van der Waals surface area contributed by atoms with Crippen LogP contribution >= 0.6 is 23.2 Å². The van der Waals surface area contributed by atoms with E-state index in [-0.39, 0.29) is 0 Å². The lowest BCUT2D eigenvalue weighted by Crippen LogP contribution is -2.18. The largest absolute Gasteiger partial charge is 0.490 e. The van der Waals surface area contributed by atoms with Crippen LogP contribution < -0.4 is 14.8 Å². The Labute approximate surface area is 159 Å². The summed E-state index contributed by atoms with van der Waals surface area (Å²) < 4.78 is 16.6. The zero-order chi connectivity index (χ0) is 18.1. The number of nitrogens with one attached hydrogen (secondary N) is 1.